The van der Waals surface area contributed by atoms with E-state index in [0.717, 1.165) is 10.0 Å². The maximum absolute atomic E-state index is 12.0. The Morgan fingerprint density at radius 3 is 2.52 bits per heavy atom. The fourth-order valence-electron chi connectivity index (χ4n) is 1.96. The van der Waals surface area contributed by atoms with E-state index in [0.29, 0.717) is 6.42 Å². The molecule has 0 saturated heterocycles. The molecule has 1 atom stereocenters. The zero-order chi connectivity index (χ0) is 17.5. The van der Waals surface area contributed by atoms with Crippen molar-refractivity contribution < 1.29 is 19.4 Å². The van der Waals surface area contributed by atoms with Crippen molar-refractivity contribution in [3.63, 3.8) is 0 Å². The molecule has 0 aliphatic rings. The summed E-state index contributed by atoms with van der Waals surface area (Å²) in [5.74, 6) is -1.32. The molecule has 1 unspecified atom stereocenters. The SMILES string of the molecule is CC(C)(C)OCCC(NC(=O)CCc1ccccc1Br)C(=O)O. The molecule has 23 heavy (non-hydrogen) atoms. The van der Waals surface area contributed by atoms with Crippen LogP contribution < -0.4 is 5.32 Å². The van der Waals surface area contributed by atoms with E-state index in [1.807, 2.05) is 45.0 Å². The number of ether oxygens (including phenoxy) is 1. The predicted octanol–water partition coefficient (Wildman–Crippen LogP) is 3.16. The molecule has 0 radical (unpaired) electrons. The summed E-state index contributed by atoms with van der Waals surface area (Å²) in [7, 11) is 0. The van der Waals surface area contributed by atoms with Gasteiger partial charge in [-0.25, -0.2) is 4.79 Å². The van der Waals surface area contributed by atoms with Gasteiger partial charge in [-0.2, -0.15) is 0 Å². The lowest BCUT2D eigenvalue weighted by atomic mass is 10.1. The van der Waals surface area contributed by atoms with E-state index < -0.39 is 12.0 Å². The number of aryl methyl sites for hydroxylation is 1. The van der Waals surface area contributed by atoms with E-state index in [-0.39, 0.29) is 31.0 Å². The molecule has 0 aliphatic carbocycles. The van der Waals surface area contributed by atoms with E-state index in [1.165, 1.54) is 0 Å². The number of aliphatic carboxylic acids is 1. The van der Waals surface area contributed by atoms with Crippen LogP contribution in [0.1, 0.15) is 39.2 Å². The fourth-order valence-corrected chi connectivity index (χ4v) is 2.44. The van der Waals surface area contributed by atoms with Crippen LogP contribution in [0.2, 0.25) is 0 Å². The Kier molecular flexibility index (Phi) is 7.72. The van der Waals surface area contributed by atoms with Crippen molar-refractivity contribution in [3.05, 3.63) is 34.3 Å². The maximum atomic E-state index is 12.0. The Bertz CT molecular complexity index is 540. The van der Waals surface area contributed by atoms with Gasteiger partial charge in [-0.05, 0) is 38.8 Å². The summed E-state index contributed by atoms with van der Waals surface area (Å²) in [5, 5.41) is 11.8. The average Bonchev–Trinajstić information content (AvgIpc) is 2.44. The highest BCUT2D eigenvalue weighted by Crippen LogP contribution is 2.17. The highest BCUT2D eigenvalue weighted by Gasteiger charge is 2.21. The van der Waals surface area contributed by atoms with Crippen LogP contribution in [0.25, 0.3) is 0 Å². The smallest absolute Gasteiger partial charge is 0.326 e. The van der Waals surface area contributed by atoms with Gasteiger partial charge in [0.05, 0.1) is 5.60 Å². The summed E-state index contributed by atoms with van der Waals surface area (Å²) in [5.41, 5.74) is 0.692. The summed E-state index contributed by atoms with van der Waals surface area (Å²) < 4.78 is 6.46. The molecule has 128 valence electrons. The van der Waals surface area contributed by atoms with Crippen molar-refractivity contribution in [1.82, 2.24) is 5.32 Å². The van der Waals surface area contributed by atoms with E-state index in [1.54, 1.807) is 0 Å². The molecule has 1 aromatic carbocycles. The molecule has 5 nitrogen and oxygen atoms in total. The quantitative estimate of drug-likeness (QED) is 0.720. The largest absolute Gasteiger partial charge is 0.480 e. The van der Waals surface area contributed by atoms with Crippen molar-refractivity contribution in [1.29, 1.82) is 0 Å². The Labute approximate surface area is 145 Å². The Morgan fingerprint density at radius 2 is 1.96 bits per heavy atom. The van der Waals surface area contributed by atoms with Gasteiger partial charge < -0.3 is 15.2 Å². The van der Waals surface area contributed by atoms with E-state index in [2.05, 4.69) is 21.2 Å². The van der Waals surface area contributed by atoms with Crippen LogP contribution in [0.4, 0.5) is 0 Å². The minimum Gasteiger partial charge on any atom is -0.480 e. The number of carbonyl (C=O) groups is 2. The van der Waals surface area contributed by atoms with Crippen molar-refractivity contribution in [2.24, 2.45) is 0 Å². The van der Waals surface area contributed by atoms with Gasteiger partial charge in [-0.15, -0.1) is 0 Å². The van der Waals surface area contributed by atoms with Crippen molar-refractivity contribution in [3.8, 4) is 0 Å². The minimum absolute atomic E-state index is 0.243. The van der Waals surface area contributed by atoms with E-state index >= 15 is 0 Å². The number of hydrogen-bond donors (Lipinski definition) is 2. The molecule has 0 fully saturated rings. The zero-order valence-corrected chi connectivity index (χ0v) is 15.4. The summed E-state index contributed by atoms with van der Waals surface area (Å²) >= 11 is 3.43. The molecule has 0 saturated carbocycles. The predicted molar refractivity (Wildman–Crippen MR) is 92.4 cm³/mol. The zero-order valence-electron chi connectivity index (χ0n) is 13.8. The molecule has 0 bridgehead atoms. The molecule has 1 aromatic rings. The van der Waals surface area contributed by atoms with Gasteiger partial charge in [0.15, 0.2) is 0 Å². The highest BCUT2D eigenvalue weighted by molar-refractivity contribution is 9.10. The fraction of sp³-hybridized carbons (Fsp3) is 0.529. The first kappa shape index (κ1) is 19.6. The number of carboxylic acid groups (broad SMARTS) is 1. The second kappa shape index (κ2) is 9.03. The summed E-state index contributed by atoms with van der Waals surface area (Å²) in [6, 6.07) is 6.73. The van der Waals surface area contributed by atoms with Crippen LogP contribution in [0, 0.1) is 0 Å². The number of carboxylic acids is 1. The number of carbonyl (C=O) groups excluding carboxylic acids is 1. The van der Waals surface area contributed by atoms with Gasteiger partial charge in [0, 0.05) is 23.9 Å². The van der Waals surface area contributed by atoms with Crippen molar-refractivity contribution in [2.75, 3.05) is 6.61 Å². The second-order valence-electron chi connectivity index (χ2n) is 6.30. The van der Waals surface area contributed by atoms with Gasteiger partial charge in [-0.1, -0.05) is 34.1 Å². The number of nitrogens with one attached hydrogen (secondary N) is 1. The summed E-state index contributed by atoms with van der Waals surface area (Å²) in [4.78, 5) is 23.2. The van der Waals surface area contributed by atoms with Gasteiger partial charge >= 0.3 is 5.97 Å². The van der Waals surface area contributed by atoms with Gasteiger partial charge in [0.25, 0.3) is 0 Å². The first-order chi connectivity index (χ1) is 10.7. The third kappa shape index (κ3) is 8.13. The Morgan fingerprint density at radius 1 is 1.30 bits per heavy atom. The van der Waals surface area contributed by atoms with Crippen LogP contribution in [0.3, 0.4) is 0 Å². The van der Waals surface area contributed by atoms with Crippen LogP contribution in [-0.2, 0) is 20.7 Å². The average molecular weight is 386 g/mol. The molecule has 1 rings (SSSR count). The van der Waals surface area contributed by atoms with Gasteiger partial charge in [-0.3, -0.25) is 4.79 Å². The molecule has 1 amide bonds. The molecule has 6 heteroatoms. The molecular weight excluding hydrogens is 362 g/mol. The standard InChI is InChI=1S/C17H24BrNO4/c1-17(2,3)23-11-10-14(16(21)22)19-15(20)9-8-12-6-4-5-7-13(12)18/h4-7,14H,8-11H2,1-3H3,(H,19,20)(H,21,22). The van der Waals surface area contributed by atoms with Gasteiger partial charge in [0.1, 0.15) is 6.04 Å². The maximum Gasteiger partial charge on any atom is 0.326 e. The molecule has 0 aliphatic heterocycles. The van der Waals surface area contributed by atoms with Crippen molar-refractivity contribution >= 4 is 27.8 Å². The first-order valence-electron chi connectivity index (χ1n) is 7.58. The number of hydrogen-bond acceptors (Lipinski definition) is 3. The normalized spacial score (nSPS) is 12.7. The molecule has 0 heterocycles. The minimum atomic E-state index is -1.04. The third-order valence-corrected chi connectivity index (χ3v) is 3.93. The van der Waals surface area contributed by atoms with Crippen LogP contribution in [-0.4, -0.2) is 35.2 Å². The van der Waals surface area contributed by atoms with Crippen LogP contribution in [0.5, 0.6) is 0 Å². The second-order valence-corrected chi connectivity index (χ2v) is 7.15. The third-order valence-electron chi connectivity index (χ3n) is 3.15. The lowest BCUT2D eigenvalue weighted by Gasteiger charge is -2.21. The number of halogens is 1. The van der Waals surface area contributed by atoms with Crippen molar-refractivity contribution in [2.45, 2.75) is 51.7 Å². The summed E-state index contributed by atoms with van der Waals surface area (Å²) in [6.45, 7) is 5.99. The summed E-state index contributed by atoms with van der Waals surface area (Å²) in [6.07, 6.45) is 1.04. The topological polar surface area (TPSA) is 75.6 Å². The lowest BCUT2D eigenvalue weighted by molar-refractivity contribution is -0.142. The Hall–Kier alpha value is -1.40. The molecule has 2 N–H and O–H groups in total. The van der Waals surface area contributed by atoms with Crippen LogP contribution >= 0.6 is 15.9 Å². The first-order valence-corrected chi connectivity index (χ1v) is 8.38. The lowest BCUT2D eigenvalue weighted by Crippen LogP contribution is -2.42. The molecule has 0 aromatic heterocycles. The molecular formula is C17H24BrNO4. The Balaban J connectivity index is 2.45. The number of amides is 1. The number of rotatable bonds is 8. The van der Waals surface area contributed by atoms with Gasteiger partial charge in [0.2, 0.25) is 5.91 Å². The monoisotopic (exact) mass is 385 g/mol. The number of benzene rings is 1. The van der Waals surface area contributed by atoms with Crippen LogP contribution in [0.15, 0.2) is 28.7 Å². The molecule has 0 spiro atoms. The highest BCUT2D eigenvalue weighted by atomic mass is 79.9. The van der Waals surface area contributed by atoms with E-state index in [4.69, 9.17) is 4.74 Å². The van der Waals surface area contributed by atoms with E-state index in [9.17, 15) is 14.7 Å².